The molecule has 298 valence electrons. The second-order valence-corrected chi connectivity index (χ2v) is 17.1. The van der Waals surface area contributed by atoms with Gasteiger partial charge in [0.1, 0.15) is 13.2 Å². The van der Waals surface area contributed by atoms with Gasteiger partial charge in [0.2, 0.25) is 5.91 Å². The van der Waals surface area contributed by atoms with Crippen molar-refractivity contribution in [3.05, 3.63) is 12.2 Å². The van der Waals surface area contributed by atoms with Crippen LogP contribution < -0.4 is 10.2 Å². The Labute approximate surface area is 310 Å². The number of carbonyl (C=O) groups is 1. The summed E-state index contributed by atoms with van der Waals surface area (Å²) in [5, 5.41) is 13.5. The molecule has 0 bridgehead atoms. The summed E-state index contributed by atoms with van der Waals surface area (Å²) in [6.07, 6.45) is 37.8. The van der Waals surface area contributed by atoms with E-state index in [-0.39, 0.29) is 19.1 Å². The van der Waals surface area contributed by atoms with Gasteiger partial charge < -0.3 is 28.8 Å². The van der Waals surface area contributed by atoms with E-state index in [9.17, 15) is 19.4 Å². The number of carbonyl (C=O) groups excluding carboxylic acids is 1. The number of aliphatic hydroxyl groups excluding tert-OH is 1. The smallest absolute Gasteiger partial charge is 0.268 e. The molecule has 0 saturated carbocycles. The van der Waals surface area contributed by atoms with Crippen molar-refractivity contribution in [2.24, 2.45) is 0 Å². The first-order valence-electron chi connectivity index (χ1n) is 21.1. The van der Waals surface area contributed by atoms with Gasteiger partial charge in [0.25, 0.3) is 7.82 Å². The number of nitrogens with zero attached hydrogens (tertiary/aromatic N) is 1. The predicted octanol–water partition coefficient (Wildman–Crippen LogP) is 10.6. The molecule has 3 atom stereocenters. The van der Waals surface area contributed by atoms with Gasteiger partial charge >= 0.3 is 0 Å². The number of nitrogens with one attached hydrogen (secondary N) is 1. The van der Waals surface area contributed by atoms with Crippen LogP contribution in [-0.2, 0) is 18.4 Å². The lowest BCUT2D eigenvalue weighted by atomic mass is 10.0. The molecule has 9 heteroatoms. The van der Waals surface area contributed by atoms with Crippen molar-refractivity contribution in [1.29, 1.82) is 0 Å². The summed E-state index contributed by atoms with van der Waals surface area (Å²) in [7, 11) is 1.26. The summed E-state index contributed by atoms with van der Waals surface area (Å²) in [4.78, 5) is 24.7. The standard InChI is InChI=1S/C41H83N2O6P/c1-6-8-10-11-12-13-14-15-16-17-18-19-20-21-22-23-24-25-26-27-28-29-30-31-33-34-40(44)39(42-41(45)35-32-9-7-2)38-49-50(46,47)48-37-36-43(3,4)5/h33-34,39-40,44H,6-32,35-38H2,1-5H3,(H-,42,45,46,47)/b34-33+. The second kappa shape index (κ2) is 34.0. The molecule has 1 amide bonds. The number of likely N-dealkylation sites (N-methyl/N-ethyl adjacent to an activating group) is 1. The van der Waals surface area contributed by atoms with E-state index in [1.807, 2.05) is 27.2 Å². The van der Waals surface area contributed by atoms with E-state index in [0.717, 1.165) is 38.5 Å². The second-order valence-electron chi connectivity index (χ2n) is 15.7. The molecule has 0 aromatic carbocycles. The number of hydrogen-bond acceptors (Lipinski definition) is 6. The largest absolute Gasteiger partial charge is 0.756 e. The van der Waals surface area contributed by atoms with Crippen molar-refractivity contribution in [2.45, 2.75) is 206 Å². The van der Waals surface area contributed by atoms with Crippen LogP contribution in [0.2, 0.25) is 0 Å². The van der Waals surface area contributed by atoms with Gasteiger partial charge in [0.05, 0.1) is 39.9 Å². The molecule has 0 aliphatic heterocycles. The minimum Gasteiger partial charge on any atom is -0.756 e. The van der Waals surface area contributed by atoms with Gasteiger partial charge in [-0.3, -0.25) is 9.36 Å². The molecule has 0 aromatic rings. The van der Waals surface area contributed by atoms with Crippen LogP contribution in [0.15, 0.2) is 12.2 Å². The number of phosphoric ester groups is 1. The van der Waals surface area contributed by atoms with Gasteiger partial charge in [-0.15, -0.1) is 0 Å². The Morgan fingerprint density at radius 3 is 1.50 bits per heavy atom. The van der Waals surface area contributed by atoms with E-state index in [1.54, 1.807) is 6.08 Å². The molecule has 0 saturated heterocycles. The number of allylic oxidation sites excluding steroid dienone is 1. The van der Waals surface area contributed by atoms with Gasteiger partial charge in [-0.25, -0.2) is 0 Å². The normalized spacial score (nSPS) is 14.6. The molecule has 0 aliphatic rings. The number of aliphatic hydroxyl groups is 1. The zero-order valence-corrected chi connectivity index (χ0v) is 34.5. The molecule has 50 heavy (non-hydrogen) atoms. The first-order chi connectivity index (χ1) is 24.0. The van der Waals surface area contributed by atoms with Crippen molar-refractivity contribution < 1.29 is 32.9 Å². The molecule has 8 nitrogen and oxygen atoms in total. The summed E-state index contributed by atoms with van der Waals surface area (Å²) in [5.41, 5.74) is 0. The molecular weight excluding hydrogens is 647 g/mol. The lowest BCUT2D eigenvalue weighted by Crippen LogP contribution is -2.45. The van der Waals surface area contributed by atoms with Crippen LogP contribution in [-0.4, -0.2) is 68.5 Å². The monoisotopic (exact) mass is 731 g/mol. The van der Waals surface area contributed by atoms with E-state index in [2.05, 4.69) is 19.2 Å². The number of hydrogen-bond donors (Lipinski definition) is 2. The van der Waals surface area contributed by atoms with Crippen LogP contribution >= 0.6 is 7.82 Å². The summed E-state index contributed by atoms with van der Waals surface area (Å²) >= 11 is 0. The third-order valence-electron chi connectivity index (χ3n) is 9.50. The molecule has 0 aromatic heterocycles. The minimum atomic E-state index is -4.56. The maximum Gasteiger partial charge on any atom is 0.268 e. The first-order valence-corrected chi connectivity index (χ1v) is 22.5. The Kier molecular flexibility index (Phi) is 33.5. The average Bonchev–Trinajstić information content (AvgIpc) is 3.06. The Hall–Kier alpha value is -0.760. The lowest BCUT2D eigenvalue weighted by Gasteiger charge is -2.29. The fourth-order valence-electron chi connectivity index (χ4n) is 6.09. The third kappa shape index (κ3) is 35.6. The van der Waals surface area contributed by atoms with Crippen molar-refractivity contribution in [3.8, 4) is 0 Å². The van der Waals surface area contributed by atoms with E-state index < -0.39 is 20.0 Å². The van der Waals surface area contributed by atoms with Crippen molar-refractivity contribution in [3.63, 3.8) is 0 Å². The summed E-state index contributed by atoms with van der Waals surface area (Å²) < 4.78 is 22.9. The van der Waals surface area contributed by atoms with Crippen LogP contribution in [0.25, 0.3) is 0 Å². The molecule has 0 radical (unpaired) electrons. The van der Waals surface area contributed by atoms with E-state index in [4.69, 9.17) is 9.05 Å². The zero-order valence-electron chi connectivity index (χ0n) is 33.6. The number of amides is 1. The molecule has 0 heterocycles. The lowest BCUT2D eigenvalue weighted by molar-refractivity contribution is -0.870. The number of phosphoric acid groups is 1. The van der Waals surface area contributed by atoms with Crippen LogP contribution in [0, 0.1) is 0 Å². The van der Waals surface area contributed by atoms with E-state index >= 15 is 0 Å². The maximum atomic E-state index is 12.4. The van der Waals surface area contributed by atoms with Crippen LogP contribution in [0.4, 0.5) is 0 Å². The molecule has 3 unspecified atom stereocenters. The molecule has 0 rings (SSSR count). The van der Waals surface area contributed by atoms with Gasteiger partial charge in [-0.1, -0.05) is 180 Å². The Bertz CT molecular complexity index is 834. The first kappa shape index (κ1) is 49.2. The summed E-state index contributed by atoms with van der Waals surface area (Å²) in [6, 6.07) is -0.876. The minimum absolute atomic E-state index is 0.000339. The molecule has 0 aliphatic carbocycles. The quantitative estimate of drug-likeness (QED) is 0.0283. The van der Waals surface area contributed by atoms with Gasteiger partial charge in [-0.05, 0) is 19.3 Å². The molecule has 2 N–H and O–H groups in total. The number of quaternary nitrogens is 1. The number of unbranched alkanes of at least 4 members (excludes halogenated alkanes) is 25. The number of rotatable bonds is 38. The van der Waals surface area contributed by atoms with Crippen molar-refractivity contribution >= 4 is 13.7 Å². The highest BCUT2D eigenvalue weighted by Crippen LogP contribution is 2.38. The van der Waals surface area contributed by atoms with Crippen LogP contribution in [0.5, 0.6) is 0 Å². The highest BCUT2D eigenvalue weighted by atomic mass is 31.2. The summed E-state index contributed by atoms with van der Waals surface area (Å²) in [5.74, 6) is -0.221. The van der Waals surface area contributed by atoms with Crippen LogP contribution in [0.1, 0.15) is 194 Å². The van der Waals surface area contributed by atoms with Gasteiger partial charge in [-0.2, -0.15) is 0 Å². The van der Waals surface area contributed by atoms with Gasteiger partial charge in [0.15, 0.2) is 0 Å². The Balaban J connectivity index is 3.96. The molecule has 0 fully saturated rings. The fourth-order valence-corrected chi connectivity index (χ4v) is 6.82. The Morgan fingerprint density at radius 1 is 0.680 bits per heavy atom. The zero-order chi connectivity index (χ0) is 37.2. The fraction of sp³-hybridized carbons (Fsp3) is 0.927. The van der Waals surface area contributed by atoms with Crippen molar-refractivity contribution in [1.82, 2.24) is 5.32 Å². The molecular formula is C41H83N2O6P. The van der Waals surface area contributed by atoms with Gasteiger partial charge in [0, 0.05) is 6.42 Å². The highest BCUT2D eigenvalue weighted by molar-refractivity contribution is 7.45. The van der Waals surface area contributed by atoms with E-state index in [1.165, 1.54) is 135 Å². The average molecular weight is 731 g/mol. The maximum absolute atomic E-state index is 12.4. The van der Waals surface area contributed by atoms with Crippen LogP contribution in [0.3, 0.4) is 0 Å². The topological polar surface area (TPSA) is 108 Å². The summed E-state index contributed by atoms with van der Waals surface area (Å²) in [6.45, 7) is 4.47. The van der Waals surface area contributed by atoms with E-state index in [0.29, 0.717) is 17.4 Å². The third-order valence-corrected chi connectivity index (χ3v) is 10.5. The Morgan fingerprint density at radius 2 is 1.08 bits per heavy atom. The molecule has 0 spiro atoms. The predicted molar refractivity (Wildman–Crippen MR) is 210 cm³/mol. The van der Waals surface area contributed by atoms with Crippen molar-refractivity contribution in [2.75, 3.05) is 40.9 Å². The SMILES string of the molecule is CCCCCCCCCCCCCCCCCCCCCCCCC/C=C/C(O)C(COP(=O)([O-])OCC[N+](C)(C)C)NC(=O)CCCCC. The highest BCUT2D eigenvalue weighted by Gasteiger charge is 2.23.